The Morgan fingerprint density at radius 2 is 1.62 bits per heavy atom. The van der Waals surface area contributed by atoms with Crippen molar-refractivity contribution in [2.24, 2.45) is 11.1 Å². The van der Waals surface area contributed by atoms with Gasteiger partial charge in [0.25, 0.3) is 0 Å². The lowest BCUT2D eigenvalue weighted by molar-refractivity contribution is 0.295. The Labute approximate surface area is 131 Å². The number of allylic oxidation sites excluding steroid dienone is 2. The van der Waals surface area contributed by atoms with Crippen molar-refractivity contribution >= 4 is 0 Å². The van der Waals surface area contributed by atoms with Gasteiger partial charge >= 0.3 is 0 Å². The fourth-order valence-corrected chi connectivity index (χ4v) is 3.07. The number of hydrogen-bond donors (Lipinski definition) is 1. The molecule has 120 valence electrons. The maximum Gasteiger partial charge on any atom is 0.0432 e. The third-order valence-electron chi connectivity index (χ3n) is 4.25. The van der Waals surface area contributed by atoms with E-state index in [4.69, 9.17) is 5.73 Å². The summed E-state index contributed by atoms with van der Waals surface area (Å²) < 4.78 is 0. The van der Waals surface area contributed by atoms with Crippen LogP contribution in [0.2, 0.25) is 0 Å². The molecule has 0 aliphatic carbocycles. The van der Waals surface area contributed by atoms with Crippen LogP contribution in [-0.2, 0) is 0 Å². The molecule has 0 saturated carbocycles. The molecule has 1 heterocycles. The van der Waals surface area contributed by atoms with Crippen LogP contribution in [0, 0.1) is 5.41 Å². The predicted octanol–water partition coefficient (Wildman–Crippen LogP) is 4.99. The van der Waals surface area contributed by atoms with Crippen molar-refractivity contribution in [1.82, 2.24) is 4.90 Å². The van der Waals surface area contributed by atoms with E-state index in [9.17, 15) is 0 Å². The van der Waals surface area contributed by atoms with Gasteiger partial charge in [-0.2, -0.15) is 0 Å². The Bertz CT molecular complexity index is 394. The van der Waals surface area contributed by atoms with E-state index < -0.39 is 0 Å². The summed E-state index contributed by atoms with van der Waals surface area (Å²) >= 11 is 0. The topological polar surface area (TPSA) is 29.3 Å². The minimum Gasteiger partial charge on any atom is -0.346 e. The van der Waals surface area contributed by atoms with Crippen molar-refractivity contribution in [1.29, 1.82) is 0 Å². The van der Waals surface area contributed by atoms with E-state index in [0.717, 1.165) is 32.2 Å². The molecule has 1 aliphatic heterocycles. The highest BCUT2D eigenvalue weighted by Gasteiger charge is 2.24. The van der Waals surface area contributed by atoms with Crippen molar-refractivity contribution in [3.8, 4) is 0 Å². The molecule has 1 saturated heterocycles. The van der Waals surface area contributed by atoms with Crippen molar-refractivity contribution in [3.05, 3.63) is 36.7 Å². The van der Waals surface area contributed by atoms with E-state index in [-0.39, 0.29) is 11.0 Å². The van der Waals surface area contributed by atoms with Crippen LogP contribution < -0.4 is 5.73 Å². The van der Waals surface area contributed by atoms with Gasteiger partial charge in [0.05, 0.1) is 0 Å². The molecule has 0 aromatic rings. The summed E-state index contributed by atoms with van der Waals surface area (Å²) in [5.74, 6) is 0. The van der Waals surface area contributed by atoms with Crippen molar-refractivity contribution in [2.75, 3.05) is 6.54 Å². The first-order valence-electron chi connectivity index (χ1n) is 8.09. The molecule has 0 amide bonds. The van der Waals surface area contributed by atoms with Crippen LogP contribution in [0.5, 0.6) is 0 Å². The highest BCUT2D eigenvalue weighted by molar-refractivity contribution is 5.19. The Kier molecular flexibility index (Phi) is 5.86. The van der Waals surface area contributed by atoms with Gasteiger partial charge in [-0.05, 0) is 51.4 Å². The number of hydrogen-bond acceptors (Lipinski definition) is 2. The monoisotopic (exact) mass is 290 g/mol. The second kappa shape index (κ2) is 6.83. The highest BCUT2D eigenvalue weighted by atomic mass is 15.2. The lowest BCUT2D eigenvalue weighted by Crippen LogP contribution is -2.32. The van der Waals surface area contributed by atoms with Gasteiger partial charge in [0.15, 0.2) is 0 Å². The van der Waals surface area contributed by atoms with Gasteiger partial charge in [-0.1, -0.05) is 45.6 Å². The van der Waals surface area contributed by atoms with E-state index in [1.807, 2.05) is 0 Å². The molecule has 2 N–H and O–H groups in total. The van der Waals surface area contributed by atoms with Gasteiger partial charge in [0, 0.05) is 23.5 Å². The molecule has 0 bridgehead atoms. The lowest BCUT2D eigenvalue weighted by atomic mass is 9.80. The summed E-state index contributed by atoms with van der Waals surface area (Å²) in [6, 6.07) is 0. The highest BCUT2D eigenvalue weighted by Crippen LogP contribution is 2.34. The Hall–Kier alpha value is -1.02. The zero-order valence-electron chi connectivity index (χ0n) is 14.6. The van der Waals surface area contributed by atoms with Crippen molar-refractivity contribution < 1.29 is 0 Å². The molecule has 2 nitrogen and oxygen atoms in total. The predicted molar refractivity (Wildman–Crippen MR) is 93.9 cm³/mol. The standard InChI is InChI=1S/C19H34N2/c1-15(14-21-16(2)9-10-17(21)3)13-18(4,5)11-8-12-19(6,7)20/h1-3,8-14,20H2,4-7H3. The maximum absolute atomic E-state index is 6.06. The quantitative estimate of drug-likeness (QED) is 0.638. The molecular formula is C19H34N2. The largest absolute Gasteiger partial charge is 0.346 e. The fraction of sp³-hybridized carbons (Fsp3) is 0.684. The number of likely N-dealkylation sites (tertiary alicyclic amines) is 1. The molecule has 0 spiro atoms. The Morgan fingerprint density at radius 3 is 2.10 bits per heavy atom. The summed E-state index contributed by atoms with van der Waals surface area (Å²) in [4.78, 5) is 2.24. The van der Waals surface area contributed by atoms with Gasteiger partial charge in [-0.3, -0.25) is 0 Å². The molecule has 0 radical (unpaired) electrons. The van der Waals surface area contributed by atoms with Crippen LogP contribution >= 0.6 is 0 Å². The van der Waals surface area contributed by atoms with E-state index in [1.54, 1.807) is 0 Å². The van der Waals surface area contributed by atoms with Gasteiger partial charge in [-0.25, -0.2) is 0 Å². The molecule has 0 atom stereocenters. The van der Waals surface area contributed by atoms with E-state index >= 15 is 0 Å². The Balaban J connectivity index is 2.41. The summed E-state index contributed by atoms with van der Waals surface area (Å²) in [5.41, 5.74) is 9.93. The number of rotatable bonds is 8. The number of nitrogens with two attached hydrogens (primary N) is 1. The first-order valence-corrected chi connectivity index (χ1v) is 8.09. The molecule has 1 rings (SSSR count). The first-order chi connectivity index (χ1) is 9.50. The van der Waals surface area contributed by atoms with E-state index in [1.165, 1.54) is 29.8 Å². The van der Waals surface area contributed by atoms with Crippen LogP contribution in [0.25, 0.3) is 0 Å². The average Bonchev–Trinajstić information content (AvgIpc) is 2.57. The van der Waals surface area contributed by atoms with Crippen LogP contribution in [-0.4, -0.2) is 17.0 Å². The van der Waals surface area contributed by atoms with Crippen molar-refractivity contribution in [3.63, 3.8) is 0 Å². The third kappa shape index (κ3) is 6.52. The molecule has 2 heteroatoms. The SMILES string of the molecule is C=C(CN1C(=C)CCC1=C)CC(C)(C)CCCC(C)(C)N. The number of nitrogens with zero attached hydrogens (tertiary/aromatic N) is 1. The molecular weight excluding hydrogens is 256 g/mol. The van der Waals surface area contributed by atoms with Crippen LogP contribution in [0.3, 0.4) is 0 Å². The molecule has 1 fully saturated rings. The molecule has 21 heavy (non-hydrogen) atoms. The fourth-order valence-electron chi connectivity index (χ4n) is 3.07. The minimum absolute atomic E-state index is 0.0574. The van der Waals surface area contributed by atoms with Gasteiger partial charge < -0.3 is 10.6 Å². The van der Waals surface area contributed by atoms with Gasteiger partial charge in [0.2, 0.25) is 0 Å². The van der Waals surface area contributed by atoms with Crippen LogP contribution in [0.4, 0.5) is 0 Å². The van der Waals surface area contributed by atoms with E-state index in [2.05, 4.69) is 52.3 Å². The summed E-state index contributed by atoms with van der Waals surface area (Å²) in [6.45, 7) is 22.3. The van der Waals surface area contributed by atoms with Crippen LogP contribution in [0.15, 0.2) is 36.7 Å². The summed E-state index contributed by atoms with van der Waals surface area (Å²) in [6.07, 6.45) is 6.57. The second-order valence-electron chi connectivity index (χ2n) is 8.15. The Morgan fingerprint density at radius 1 is 1.10 bits per heavy atom. The smallest absolute Gasteiger partial charge is 0.0432 e. The molecule has 0 aromatic carbocycles. The average molecular weight is 290 g/mol. The van der Waals surface area contributed by atoms with Gasteiger partial charge in [0.1, 0.15) is 0 Å². The van der Waals surface area contributed by atoms with Crippen molar-refractivity contribution in [2.45, 2.75) is 71.8 Å². The maximum atomic E-state index is 6.06. The molecule has 0 aromatic heterocycles. The first kappa shape index (κ1) is 18.0. The summed E-state index contributed by atoms with van der Waals surface area (Å²) in [7, 11) is 0. The second-order valence-corrected chi connectivity index (χ2v) is 8.15. The zero-order valence-corrected chi connectivity index (χ0v) is 14.6. The zero-order chi connectivity index (χ0) is 16.3. The molecule has 0 unspecified atom stereocenters. The van der Waals surface area contributed by atoms with Crippen LogP contribution in [0.1, 0.15) is 66.2 Å². The van der Waals surface area contributed by atoms with Gasteiger partial charge in [-0.15, -0.1) is 0 Å². The third-order valence-corrected chi connectivity index (χ3v) is 4.25. The minimum atomic E-state index is -0.0574. The normalized spacial score (nSPS) is 16.7. The lowest BCUT2D eigenvalue weighted by Gasteiger charge is -2.30. The molecule has 1 aliphatic rings. The van der Waals surface area contributed by atoms with E-state index in [0.29, 0.717) is 0 Å². The summed E-state index contributed by atoms with van der Waals surface area (Å²) in [5, 5.41) is 0.